The molecule has 3 N–H and O–H groups in total. The molecular formula is C9H13N2. The van der Waals surface area contributed by atoms with Crippen molar-refractivity contribution in [3.8, 4) is 0 Å². The maximum Gasteiger partial charge on any atom is 0.0351 e. The highest BCUT2D eigenvalue weighted by molar-refractivity contribution is 5.23. The molecule has 0 bridgehead atoms. The van der Waals surface area contributed by atoms with Crippen LogP contribution in [0.3, 0.4) is 0 Å². The fraction of sp³-hybridized carbons (Fsp3) is 0.333. The van der Waals surface area contributed by atoms with Crippen molar-refractivity contribution in [1.82, 2.24) is 5.73 Å². The molecule has 0 saturated carbocycles. The number of hydrogen-bond acceptors (Lipinski definition) is 1. The molecule has 1 aromatic carbocycles. The van der Waals surface area contributed by atoms with Gasteiger partial charge in [0, 0.05) is 6.54 Å². The summed E-state index contributed by atoms with van der Waals surface area (Å²) in [5.74, 6) is 0. The second-order valence-corrected chi connectivity index (χ2v) is 2.54. The standard InChI is InChI=1S/C9H13N2/c10-5-4-8-2-1-3-9(6-8)7-11/h1-3,6,11H,4-5,7,10H2. The normalized spacial score (nSPS) is 10.0. The Bertz CT molecular complexity index is 221. The van der Waals surface area contributed by atoms with Crippen LogP contribution in [0.1, 0.15) is 11.1 Å². The van der Waals surface area contributed by atoms with Crippen LogP contribution >= 0.6 is 0 Å². The first-order valence-electron chi connectivity index (χ1n) is 3.79. The highest BCUT2D eigenvalue weighted by Gasteiger charge is 1.92. The molecule has 2 nitrogen and oxygen atoms in total. The van der Waals surface area contributed by atoms with Gasteiger partial charge < -0.3 is 5.73 Å². The number of hydrogen-bond donors (Lipinski definition) is 1. The molecule has 0 aliphatic rings. The van der Waals surface area contributed by atoms with Crippen LogP contribution in [0.25, 0.3) is 0 Å². The van der Waals surface area contributed by atoms with Crippen LogP contribution in [0.4, 0.5) is 0 Å². The third-order valence-corrected chi connectivity index (χ3v) is 1.63. The van der Waals surface area contributed by atoms with E-state index in [1.807, 2.05) is 24.3 Å². The Labute approximate surface area is 67.2 Å². The summed E-state index contributed by atoms with van der Waals surface area (Å²) >= 11 is 0. The molecule has 59 valence electrons. The van der Waals surface area contributed by atoms with Gasteiger partial charge in [0.2, 0.25) is 0 Å². The topological polar surface area (TPSA) is 49.8 Å². The van der Waals surface area contributed by atoms with Crippen molar-refractivity contribution in [1.29, 1.82) is 0 Å². The Morgan fingerprint density at radius 2 is 2.00 bits per heavy atom. The van der Waals surface area contributed by atoms with E-state index in [4.69, 9.17) is 11.5 Å². The lowest BCUT2D eigenvalue weighted by atomic mass is 10.1. The zero-order chi connectivity index (χ0) is 8.10. The summed E-state index contributed by atoms with van der Waals surface area (Å²) in [5, 5.41) is 0. The van der Waals surface area contributed by atoms with E-state index in [9.17, 15) is 0 Å². The molecule has 11 heavy (non-hydrogen) atoms. The fourth-order valence-corrected chi connectivity index (χ4v) is 1.06. The summed E-state index contributed by atoms with van der Waals surface area (Å²) in [5.41, 5.74) is 14.8. The zero-order valence-electron chi connectivity index (χ0n) is 6.51. The summed E-state index contributed by atoms with van der Waals surface area (Å²) in [6.07, 6.45) is 0.911. The Hall–Kier alpha value is -0.860. The lowest BCUT2D eigenvalue weighted by Crippen LogP contribution is -2.02. The van der Waals surface area contributed by atoms with E-state index in [1.54, 1.807) is 0 Å². The number of nitrogens with two attached hydrogens (primary N) is 1. The highest BCUT2D eigenvalue weighted by Crippen LogP contribution is 2.04. The first-order valence-corrected chi connectivity index (χ1v) is 3.79. The van der Waals surface area contributed by atoms with Crippen molar-refractivity contribution in [2.24, 2.45) is 5.73 Å². The summed E-state index contributed by atoms with van der Waals surface area (Å²) in [4.78, 5) is 0. The largest absolute Gasteiger partial charge is 0.330 e. The Balaban J connectivity index is 2.74. The summed E-state index contributed by atoms with van der Waals surface area (Å²) in [6.45, 7) is 1.04. The predicted octanol–water partition coefficient (Wildman–Crippen LogP) is 0.971. The van der Waals surface area contributed by atoms with Crippen molar-refractivity contribution in [3.63, 3.8) is 0 Å². The maximum absolute atomic E-state index is 7.14. The van der Waals surface area contributed by atoms with Gasteiger partial charge in [0.05, 0.1) is 0 Å². The van der Waals surface area contributed by atoms with Gasteiger partial charge >= 0.3 is 0 Å². The Kier molecular flexibility index (Phi) is 3.08. The molecular weight excluding hydrogens is 136 g/mol. The molecule has 0 fully saturated rings. The molecule has 0 amide bonds. The molecule has 1 rings (SSSR count). The first kappa shape index (κ1) is 8.24. The zero-order valence-corrected chi connectivity index (χ0v) is 6.51. The van der Waals surface area contributed by atoms with E-state index >= 15 is 0 Å². The minimum Gasteiger partial charge on any atom is -0.330 e. The minimum absolute atomic E-state index is 0.360. The average Bonchev–Trinajstić information content (AvgIpc) is 2.06. The van der Waals surface area contributed by atoms with E-state index in [2.05, 4.69) is 0 Å². The van der Waals surface area contributed by atoms with Crippen LogP contribution in [0.2, 0.25) is 0 Å². The molecule has 2 heteroatoms. The smallest absolute Gasteiger partial charge is 0.0351 e. The molecule has 0 aromatic heterocycles. The third-order valence-electron chi connectivity index (χ3n) is 1.63. The fourth-order valence-electron chi connectivity index (χ4n) is 1.06. The number of nitrogens with one attached hydrogen (secondary N) is 1. The molecule has 0 atom stereocenters. The van der Waals surface area contributed by atoms with Crippen molar-refractivity contribution >= 4 is 0 Å². The second-order valence-electron chi connectivity index (χ2n) is 2.54. The van der Waals surface area contributed by atoms with Gasteiger partial charge in [0.1, 0.15) is 0 Å². The lowest BCUT2D eigenvalue weighted by Gasteiger charge is -2.00. The second kappa shape index (κ2) is 4.11. The van der Waals surface area contributed by atoms with Crippen LogP contribution in [-0.4, -0.2) is 6.54 Å². The average molecular weight is 149 g/mol. The number of benzene rings is 1. The quantitative estimate of drug-likeness (QED) is 0.684. The Morgan fingerprint density at radius 1 is 1.27 bits per heavy atom. The van der Waals surface area contributed by atoms with Gasteiger partial charge in [-0.05, 0) is 24.1 Å². The van der Waals surface area contributed by atoms with E-state index in [1.165, 1.54) is 5.56 Å². The van der Waals surface area contributed by atoms with Crippen LogP contribution < -0.4 is 11.5 Å². The lowest BCUT2D eigenvalue weighted by molar-refractivity contribution is 0.954. The first-order chi connectivity index (χ1) is 5.36. The molecule has 0 spiro atoms. The van der Waals surface area contributed by atoms with Crippen LogP contribution in [0, 0.1) is 0 Å². The summed E-state index contributed by atoms with van der Waals surface area (Å²) in [6, 6.07) is 8.04. The van der Waals surface area contributed by atoms with Gasteiger partial charge in [-0.25, -0.2) is 0 Å². The highest BCUT2D eigenvalue weighted by atomic mass is 14.5. The maximum atomic E-state index is 7.14. The van der Waals surface area contributed by atoms with Crippen LogP contribution in [0.15, 0.2) is 24.3 Å². The molecule has 0 unspecified atom stereocenters. The molecule has 0 aliphatic heterocycles. The van der Waals surface area contributed by atoms with Crippen LogP contribution in [-0.2, 0) is 13.0 Å². The van der Waals surface area contributed by atoms with Crippen molar-refractivity contribution in [2.75, 3.05) is 6.54 Å². The minimum atomic E-state index is 0.360. The van der Waals surface area contributed by atoms with E-state index in [0.29, 0.717) is 13.1 Å². The third kappa shape index (κ3) is 2.33. The summed E-state index contributed by atoms with van der Waals surface area (Å²) in [7, 11) is 0. The predicted molar refractivity (Wildman–Crippen MR) is 46.0 cm³/mol. The number of rotatable bonds is 3. The van der Waals surface area contributed by atoms with E-state index in [0.717, 1.165) is 12.0 Å². The van der Waals surface area contributed by atoms with Gasteiger partial charge in [-0.2, -0.15) is 0 Å². The molecule has 1 radical (unpaired) electrons. The summed E-state index contributed by atoms with van der Waals surface area (Å²) < 4.78 is 0. The molecule has 0 heterocycles. The van der Waals surface area contributed by atoms with Gasteiger partial charge in [-0.1, -0.05) is 24.3 Å². The van der Waals surface area contributed by atoms with E-state index in [-0.39, 0.29) is 0 Å². The Morgan fingerprint density at radius 3 is 2.64 bits per heavy atom. The van der Waals surface area contributed by atoms with Crippen molar-refractivity contribution < 1.29 is 0 Å². The van der Waals surface area contributed by atoms with Crippen LogP contribution in [0.5, 0.6) is 0 Å². The SMILES string of the molecule is [NH]Cc1cccc(CCN)c1. The van der Waals surface area contributed by atoms with Crippen molar-refractivity contribution in [2.45, 2.75) is 13.0 Å². The van der Waals surface area contributed by atoms with Crippen molar-refractivity contribution in [3.05, 3.63) is 35.4 Å². The van der Waals surface area contributed by atoms with E-state index < -0.39 is 0 Å². The van der Waals surface area contributed by atoms with Gasteiger partial charge in [-0.15, -0.1) is 0 Å². The molecule has 0 saturated heterocycles. The van der Waals surface area contributed by atoms with Gasteiger partial charge in [0.15, 0.2) is 0 Å². The molecule has 0 aliphatic carbocycles. The monoisotopic (exact) mass is 149 g/mol. The molecule has 1 aromatic rings. The van der Waals surface area contributed by atoms with Gasteiger partial charge in [0.25, 0.3) is 0 Å². The van der Waals surface area contributed by atoms with Gasteiger partial charge in [-0.3, -0.25) is 5.73 Å².